The van der Waals surface area contributed by atoms with Gasteiger partial charge in [0.2, 0.25) is 0 Å². The molecule has 0 fully saturated rings. The molecule has 100 valence electrons. The van der Waals surface area contributed by atoms with Gasteiger partial charge in [-0.1, -0.05) is 19.1 Å². The zero-order valence-corrected chi connectivity index (χ0v) is 11.4. The van der Waals surface area contributed by atoms with Crippen molar-refractivity contribution in [1.82, 2.24) is 0 Å². The Balaban J connectivity index is 2.64. The monoisotopic (exact) mass is 251 g/mol. The molecular formula is C14H21NO3. The quantitative estimate of drug-likeness (QED) is 0.790. The van der Waals surface area contributed by atoms with Gasteiger partial charge >= 0.3 is 5.97 Å². The van der Waals surface area contributed by atoms with Crippen LogP contribution in [0, 0.1) is 5.92 Å². The van der Waals surface area contributed by atoms with E-state index in [0.29, 0.717) is 6.54 Å². The van der Waals surface area contributed by atoms with Gasteiger partial charge in [-0.3, -0.25) is 4.79 Å². The Kier molecular flexibility index (Phi) is 5.49. The second-order valence-electron chi connectivity index (χ2n) is 4.47. The maximum absolute atomic E-state index is 11.3. The summed E-state index contributed by atoms with van der Waals surface area (Å²) in [6.45, 7) is 6.30. The molecule has 0 heterocycles. The molecule has 1 aromatic rings. The van der Waals surface area contributed by atoms with Crippen molar-refractivity contribution in [3.05, 3.63) is 24.3 Å². The van der Waals surface area contributed by atoms with Crippen LogP contribution >= 0.6 is 0 Å². The van der Waals surface area contributed by atoms with Crippen LogP contribution in [0.1, 0.15) is 20.8 Å². The summed E-state index contributed by atoms with van der Waals surface area (Å²) in [5.41, 5.74) is 0.891. The first-order chi connectivity index (χ1) is 8.54. The van der Waals surface area contributed by atoms with E-state index in [9.17, 15) is 4.79 Å². The molecule has 1 atom stereocenters. The minimum absolute atomic E-state index is 0.117. The molecule has 4 heteroatoms. The van der Waals surface area contributed by atoms with Gasteiger partial charge in [-0.05, 0) is 26.0 Å². The van der Waals surface area contributed by atoms with E-state index in [0.717, 1.165) is 11.4 Å². The van der Waals surface area contributed by atoms with Gasteiger partial charge in [-0.15, -0.1) is 0 Å². The van der Waals surface area contributed by atoms with Gasteiger partial charge in [0.05, 0.1) is 24.8 Å². The third-order valence-corrected chi connectivity index (χ3v) is 2.45. The lowest BCUT2D eigenvalue weighted by Gasteiger charge is -2.17. The maximum Gasteiger partial charge on any atom is 0.310 e. The Bertz CT molecular complexity index is 390. The van der Waals surface area contributed by atoms with E-state index in [1.165, 1.54) is 7.11 Å². The number of carbonyl (C=O) groups excluding carboxylic acids is 1. The number of rotatable bonds is 6. The van der Waals surface area contributed by atoms with Crippen molar-refractivity contribution < 1.29 is 14.3 Å². The molecule has 0 saturated carbocycles. The molecule has 0 radical (unpaired) electrons. The first-order valence-corrected chi connectivity index (χ1v) is 6.12. The number of hydrogen-bond acceptors (Lipinski definition) is 4. The minimum atomic E-state index is -0.218. The molecule has 1 N–H and O–H groups in total. The lowest BCUT2D eigenvalue weighted by atomic mass is 10.2. The SMILES string of the molecule is COC(=O)C(C)CNc1ccccc1OC(C)C. The molecule has 0 aliphatic rings. The Hall–Kier alpha value is -1.71. The summed E-state index contributed by atoms with van der Waals surface area (Å²) in [4.78, 5) is 11.3. The highest BCUT2D eigenvalue weighted by molar-refractivity contribution is 5.72. The third-order valence-electron chi connectivity index (χ3n) is 2.45. The standard InChI is InChI=1S/C14H21NO3/c1-10(2)18-13-8-6-5-7-12(13)15-9-11(3)14(16)17-4/h5-8,10-11,15H,9H2,1-4H3. The average Bonchev–Trinajstić information content (AvgIpc) is 2.35. The fourth-order valence-electron chi connectivity index (χ4n) is 1.52. The average molecular weight is 251 g/mol. The van der Waals surface area contributed by atoms with Crippen molar-refractivity contribution >= 4 is 11.7 Å². The number of nitrogens with one attached hydrogen (secondary N) is 1. The summed E-state index contributed by atoms with van der Waals surface area (Å²) < 4.78 is 10.4. The van der Waals surface area contributed by atoms with E-state index < -0.39 is 0 Å². The summed E-state index contributed by atoms with van der Waals surface area (Å²) in [6.07, 6.45) is 0.117. The number of esters is 1. The largest absolute Gasteiger partial charge is 0.489 e. The molecule has 0 bridgehead atoms. The Morgan fingerprint density at radius 1 is 1.28 bits per heavy atom. The van der Waals surface area contributed by atoms with Gasteiger partial charge < -0.3 is 14.8 Å². The molecule has 0 spiro atoms. The molecule has 0 aliphatic carbocycles. The smallest absolute Gasteiger partial charge is 0.310 e. The molecule has 0 aromatic heterocycles. The lowest BCUT2D eigenvalue weighted by molar-refractivity contribution is -0.144. The van der Waals surface area contributed by atoms with Crippen LogP contribution in [0.2, 0.25) is 0 Å². The number of benzene rings is 1. The number of para-hydroxylation sites is 2. The Morgan fingerprint density at radius 3 is 2.56 bits per heavy atom. The fraction of sp³-hybridized carbons (Fsp3) is 0.500. The maximum atomic E-state index is 11.3. The van der Waals surface area contributed by atoms with E-state index in [-0.39, 0.29) is 18.0 Å². The second kappa shape index (κ2) is 6.89. The van der Waals surface area contributed by atoms with Crippen LogP contribution in [0.3, 0.4) is 0 Å². The lowest BCUT2D eigenvalue weighted by Crippen LogP contribution is -2.21. The van der Waals surface area contributed by atoms with Gasteiger partial charge in [0.15, 0.2) is 0 Å². The summed E-state index contributed by atoms with van der Waals surface area (Å²) in [5, 5.41) is 3.21. The first kappa shape index (κ1) is 14.4. The molecule has 1 unspecified atom stereocenters. The van der Waals surface area contributed by atoms with Gasteiger partial charge in [0.1, 0.15) is 5.75 Å². The van der Waals surface area contributed by atoms with Gasteiger partial charge in [-0.25, -0.2) is 0 Å². The zero-order chi connectivity index (χ0) is 13.5. The first-order valence-electron chi connectivity index (χ1n) is 6.12. The predicted octanol–water partition coefficient (Wildman–Crippen LogP) is 2.69. The number of hydrogen-bond donors (Lipinski definition) is 1. The molecule has 0 amide bonds. The molecule has 4 nitrogen and oxygen atoms in total. The highest BCUT2D eigenvalue weighted by Gasteiger charge is 2.13. The minimum Gasteiger partial charge on any atom is -0.489 e. The number of ether oxygens (including phenoxy) is 2. The topological polar surface area (TPSA) is 47.6 Å². The number of carbonyl (C=O) groups is 1. The summed E-state index contributed by atoms with van der Waals surface area (Å²) >= 11 is 0. The summed E-state index contributed by atoms with van der Waals surface area (Å²) in [7, 11) is 1.40. The van der Waals surface area contributed by atoms with E-state index >= 15 is 0 Å². The van der Waals surface area contributed by atoms with Crippen LogP contribution in [0.5, 0.6) is 5.75 Å². The highest BCUT2D eigenvalue weighted by Crippen LogP contribution is 2.25. The second-order valence-corrected chi connectivity index (χ2v) is 4.47. The van der Waals surface area contributed by atoms with Gasteiger partial charge in [0.25, 0.3) is 0 Å². The van der Waals surface area contributed by atoms with Crippen LogP contribution < -0.4 is 10.1 Å². The number of anilines is 1. The van der Waals surface area contributed by atoms with Crippen LogP contribution in [-0.4, -0.2) is 25.7 Å². The predicted molar refractivity (Wildman–Crippen MR) is 71.9 cm³/mol. The van der Waals surface area contributed by atoms with Crippen LogP contribution in [-0.2, 0) is 9.53 Å². The molecule has 1 rings (SSSR count). The normalized spacial score (nSPS) is 12.1. The van der Waals surface area contributed by atoms with Crippen molar-refractivity contribution in [1.29, 1.82) is 0 Å². The van der Waals surface area contributed by atoms with Crippen LogP contribution in [0.4, 0.5) is 5.69 Å². The van der Waals surface area contributed by atoms with Crippen molar-refractivity contribution in [3.63, 3.8) is 0 Å². The Labute approximate surface area is 108 Å². The molecular weight excluding hydrogens is 230 g/mol. The van der Waals surface area contributed by atoms with E-state index in [1.807, 2.05) is 45.0 Å². The third kappa shape index (κ3) is 4.28. The van der Waals surface area contributed by atoms with Crippen LogP contribution in [0.15, 0.2) is 24.3 Å². The van der Waals surface area contributed by atoms with Crippen molar-refractivity contribution in [3.8, 4) is 5.75 Å². The highest BCUT2D eigenvalue weighted by atomic mass is 16.5. The van der Waals surface area contributed by atoms with Crippen LogP contribution in [0.25, 0.3) is 0 Å². The van der Waals surface area contributed by atoms with Gasteiger partial charge in [0, 0.05) is 6.54 Å². The molecule has 18 heavy (non-hydrogen) atoms. The summed E-state index contributed by atoms with van der Waals surface area (Å²) in [5.74, 6) is 0.386. The van der Waals surface area contributed by atoms with E-state index in [4.69, 9.17) is 4.74 Å². The zero-order valence-electron chi connectivity index (χ0n) is 11.4. The molecule has 0 saturated heterocycles. The number of methoxy groups -OCH3 is 1. The molecule has 1 aromatic carbocycles. The summed E-state index contributed by atoms with van der Waals surface area (Å²) in [6, 6.07) is 7.69. The molecule has 0 aliphatic heterocycles. The van der Waals surface area contributed by atoms with Crippen molar-refractivity contribution in [2.24, 2.45) is 5.92 Å². The fourth-order valence-corrected chi connectivity index (χ4v) is 1.52. The Morgan fingerprint density at radius 2 is 1.94 bits per heavy atom. The van der Waals surface area contributed by atoms with Crippen molar-refractivity contribution in [2.75, 3.05) is 19.0 Å². The van der Waals surface area contributed by atoms with E-state index in [1.54, 1.807) is 0 Å². The van der Waals surface area contributed by atoms with Gasteiger partial charge in [-0.2, -0.15) is 0 Å². The van der Waals surface area contributed by atoms with E-state index in [2.05, 4.69) is 10.1 Å². The van der Waals surface area contributed by atoms with Crippen molar-refractivity contribution in [2.45, 2.75) is 26.9 Å².